The molecular formula is C17H17FN2O. The maximum absolute atomic E-state index is 14.2. The van der Waals surface area contributed by atoms with Gasteiger partial charge in [-0.3, -0.25) is 4.79 Å². The number of rotatable bonds is 3. The molecule has 0 spiro atoms. The summed E-state index contributed by atoms with van der Waals surface area (Å²) in [6.45, 7) is 1.87. The van der Waals surface area contributed by atoms with Crippen molar-refractivity contribution in [2.75, 3.05) is 12.4 Å². The summed E-state index contributed by atoms with van der Waals surface area (Å²) in [5.41, 5.74) is 4.28. The third kappa shape index (κ3) is 2.54. The van der Waals surface area contributed by atoms with Gasteiger partial charge in [0.25, 0.3) is 0 Å². The van der Waals surface area contributed by atoms with Crippen molar-refractivity contribution in [3.05, 3.63) is 64.5 Å². The van der Waals surface area contributed by atoms with Crippen LogP contribution in [0.5, 0.6) is 0 Å². The number of carbonyl (C=O) groups excluding carboxylic acids is 1. The van der Waals surface area contributed by atoms with Crippen molar-refractivity contribution in [1.29, 1.82) is 0 Å². The van der Waals surface area contributed by atoms with Gasteiger partial charge in [-0.15, -0.1) is 0 Å². The molecule has 1 heterocycles. The lowest BCUT2D eigenvalue weighted by Gasteiger charge is -2.19. The standard InChI is InChI=1S/C17H17FN2O/c1-10-3-5-13(14(18)7-10)17(19-2)11-4-6-15-12(8-11)9-16(21)20-15/h3-8,17,19H,9H2,1-2H3,(H,20,21). The Morgan fingerprint density at radius 2 is 2.05 bits per heavy atom. The van der Waals surface area contributed by atoms with Crippen LogP contribution in [0.2, 0.25) is 0 Å². The molecular weight excluding hydrogens is 267 g/mol. The first-order chi connectivity index (χ1) is 10.1. The predicted octanol–water partition coefficient (Wildman–Crippen LogP) is 2.94. The van der Waals surface area contributed by atoms with Gasteiger partial charge in [-0.2, -0.15) is 0 Å². The Bertz CT molecular complexity index is 712. The number of anilines is 1. The second-order valence-electron chi connectivity index (χ2n) is 5.39. The maximum atomic E-state index is 14.2. The van der Waals surface area contributed by atoms with Crippen LogP contribution in [0.15, 0.2) is 36.4 Å². The molecule has 0 aromatic heterocycles. The van der Waals surface area contributed by atoms with Crippen molar-refractivity contribution in [3.63, 3.8) is 0 Å². The SMILES string of the molecule is CNC(c1ccc2c(c1)CC(=O)N2)c1ccc(C)cc1F. The van der Waals surface area contributed by atoms with E-state index in [1.807, 2.05) is 37.3 Å². The van der Waals surface area contributed by atoms with E-state index in [-0.39, 0.29) is 17.8 Å². The Labute approximate surface area is 123 Å². The average Bonchev–Trinajstić information content (AvgIpc) is 2.81. The van der Waals surface area contributed by atoms with Crippen LogP contribution >= 0.6 is 0 Å². The Hall–Kier alpha value is -2.20. The van der Waals surface area contributed by atoms with Crippen molar-refractivity contribution in [2.45, 2.75) is 19.4 Å². The largest absolute Gasteiger partial charge is 0.326 e. The number of halogens is 1. The van der Waals surface area contributed by atoms with Gasteiger partial charge in [0.05, 0.1) is 12.5 Å². The molecule has 1 unspecified atom stereocenters. The van der Waals surface area contributed by atoms with Gasteiger partial charge < -0.3 is 10.6 Å². The fourth-order valence-electron chi connectivity index (χ4n) is 2.80. The number of aryl methyl sites for hydroxylation is 1. The van der Waals surface area contributed by atoms with Crippen molar-refractivity contribution < 1.29 is 9.18 Å². The second kappa shape index (κ2) is 5.30. The molecule has 3 rings (SSSR count). The Morgan fingerprint density at radius 1 is 1.24 bits per heavy atom. The highest BCUT2D eigenvalue weighted by atomic mass is 19.1. The van der Waals surface area contributed by atoms with Crippen LogP contribution in [0.25, 0.3) is 0 Å². The first-order valence-electron chi connectivity index (χ1n) is 6.94. The average molecular weight is 284 g/mol. The quantitative estimate of drug-likeness (QED) is 0.910. The molecule has 0 fully saturated rings. The second-order valence-corrected chi connectivity index (χ2v) is 5.39. The number of amides is 1. The molecule has 1 atom stereocenters. The van der Waals surface area contributed by atoms with Crippen LogP contribution in [0.4, 0.5) is 10.1 Å². The first kappa shape index (κ1) is 13.8. The number of carbonyl (C=O) groups is 1. The summed E-state index contributed by atoms with van der Waals surface area (Å²) in [6, 6.07) is 10.8. The minimum Gasteiger partial charge on any atom is -0.326 e. The molecule has 1 aliphatic heterocycles. The molecule has 3 nitrogen and oxygen atoms in total. The van der Waals surface area contributed by atoms with Gasteiger partial charge in [0.2, 0.25) is 5.91 Å². The van der Waals surface area contributed by atoms with E-state index in [4.69, 9.17) is 0 Å². The number of benzene rings is 2. The molecule has 108 valence electrons. The van der Waals surface area contributed by atoms with E-state index >= 15 is 0 Å². The van der Waals surface area contributed by atoms with Crippen molar-refractivity contribution in [2.24, 2.45) is 0 Å². The summed E-state index contributed by atoms with van der Waals surface area (Å²) in [7, 11) is 1.81. The van der Waals surface area contributed by atoms with E-state index in [9.17, 15) is 9.18 Å². The van der Waals surface area contributed by atoms with Gasteiger partial charge in [-0.1, -0.05) is 24.3 Å². The third-order valence-corrected chi connectivity index (χ3v) is 3.84. The third-order valence-electron chi connectivity index (χ3n) is 3.84. The molecule has 0 bridgehead atoms. The van der Waals surface area contributed by atoms with Gasteiger partial charge in [-0.05, 0) is 42.8 Å². The summed E-state index contributed by atoms with van der Waals surface area (Å²) in [5, 5.41) is 5.96. The predicted molar refractivity (Wildman–Crippen MR) is 80.8 cm³/mol. The normalized spacial score (nSPS) is 14.7. The molecule has 1 aliphatic rings. The molecule has 0 aliphatic carbocycles. The minimum absolute atomic E-state index is 0.00433. The molecule has 0 saturated carbocycles. The molecule has 21 heavy (non-hydrogen) atoms. The van der Waals surface area contributed by atoms with Crippen molar-refractivity contribution in [3.8, 4) is 0 Å². The molecule has 0 saturated heterocycles. The summed E-state index contributed by atoms with van der Waals surface area (Å²) in [4.78, 5) is 11.4. The van der Waals surface area contributed by atoms with E-state index in [1.54, 1.807) is 7.05 Å². The fourth-order valence-corrected chi connectivity index (χ4v) is 2.80. The summed E-state index contributed by atoms with van der Waals surface area (Å²) in [5.74, 6) is -0.214. The number of nitrogens with one attached hydrogen (secondary N) is 2. The summed E-state index contributed by atoms with van der Waals surface area (Å²) < 4.78 is 14.2. The highest BCUT2D eigenvalue weighted by molar-refractivity contribution is 5.99. The summed E-state index contributed by atoms with van der Waals surface area (Å²) in [6.07, 6.45) is 0.385. The van der Waals surface area contributed by atoms with Crippen molar-refractivity contribution in [1.82, 2.24) is 5.32 Å². The molecule has 1 amide bonds. The van der Waals surface area contributed by atoms with Gasteiger partial charge in [0, 0.05) is 11.3 Å². The maximum Gasteiger partial charge on any atom is 0.228 e. The van der Waals surface area contributed by atoms with Crippen LogP contribution in [0.3, 0.4) is 0 Å². The van der Waals surface area contributed by atoms with Crippen LogP contribution < -0.4 is 10.6 Å². The molecule has 4 heteroatoms. The van der Waals surface area contributed by atoms with Crippen LogP contribution in [0, 0.1) is 12.7 Å². The number of hydrogen-bond donors (Lipinski definition) is 2. The van der Waals surface area contributed by atoms with Gasteiger partial charge in [0.1, 0.15) is 5.82 Å². The fraction of sp³-hybridized carbons (Fsp3) is 0.235. The summed E-state index contributed by atoms with van der Waals surface area (Å²) >= 11 is 0. The van der Waals surface area contributed by atoms with Gasteiger partial charge >= 0.3 is 0 Å². The highest BCUT2D eigenvalue weighted by Gasteiger charge is 2.21. The highest BCUT2D eigenvalue weighted by Crippen LogP contribution is 2.30. The monoisotopic (exact) mass is 284 g/mol. The van der Waals surface area contributed by atoms with Crippen molar-refractivity contribution >= 4 is 11.6 Å². The number of hydrogen-bond acceptors (Lipinski definition) is 2. The number of fused-ring (bicyclic) bond motifs is 1. The van der Waals surface area contributed by atoms with E-state index in [2.05, 4.69) is 10.6 Å². The lowest BCUT2D eigenvalue weighted by molar-refractivity contribution is -0.115. The van der Waals surface area contributed by atoms with E-state index < -0.39 is 0 Å². The zero-order chi connectivity index (χ0) is 15.0. The molecule has 2 N–H and O–H groups in total. The zero-order valence-electron chi connectivity index (χ0n) is 12.0. The Balaban J connectivity index is 2.01. The lowest BCUT2D eigenvalue weighted by Crippen LogP contribution is -2.19. The van der Waals surface area contributed by atoms with Crippen LogP contribution in [-0.4, -0.2) is 13.0 Å². The van der Waals surface area contributed by atoms with Crippen LogP contribution in [-0.2, 0) is 11.2 Å². The lowest BCUT2D eigenvalue weighted by atomic mass is 9.95. The van der Waals surface area contributed by atoms with E-state index in [1.165, 1.54) is 6.07 Å². The Kier molecular flexibility index (Phi) is 3.47. The van der Waals surface area contributed by atoms with Gasteiger partial charge in [0.15, 0.2) is 0 Å². The first-order valence-corrected chi connectivity index (χ1v) is 6.94. The Morgan fingerprint density at radius 3 is 2.76 bits per heavy atom. The van der Waals surface area contributed by atoms with Gasteiger partial charge in [-0.25, -0.2) is 4.39 Å². The topological polar surface area (TPSA) is 41.1 Å². The van der Waals surface area contributed by atoms with E-state index in [0.717, 1.165) is 22.4 Å². The van der Waals surface area contributed by atoms with E-state index in [0.29, 0.717) is 12.0 Å². The minimum atomic E-state index is -0.230. The van der Waals surface area contributed by atoms with Crippen LogP contribution in [0.1, 0.15) is 28.3 Å². The smallest absolute Gasteiger partial charge is 0.228 e. The molecule has 2 aromatic rings. The molecule has 2 aromatic carbocycles. The zero-order valence-corrected chi connectivity index (χ0v) is 12.0. The molecule has 0 radical (unpaired) electrons.